The molecular weight excluding hydrogens is 336 g/mol. The molecule has 4 aromatic rings. The van der Waals surface area contributed by atoms with Crippen LogP contribution in [-0.4, -0.2) is 30.6 Å². The summed E-state index contributed by atoms with van der Waals surface area (Å²) in [7, 11) is 0. The Morgan fingerprint density at radius 1 is 1.23 bits per heavy atom. The van der Waals surface area contributed by atoms with E-state index in [1.165, 1.54) is 24.5 Å². The molecule has 2 heterocycles. The van der Waals surface area contributed by atoms with Crippen LogP contribution in [0.25, 0.3) is 16.6 Å². The molecule has 2 aromatic carbocycles. The first-order chi connectivity index (χ1) is 12.6. The van der Waals surface area contributed by atoms with Crippen LogP contribution in [0.4, 0.5) is 11.4 Å². The van der Waals surface area contributed by atoms with Gasteiger partial charge in [0.1, 0.15) is 0 Å². The number of anilines is 1. The third kappa shape index (κ3) is 2.77. The van der Waals surface area contributed by atoms with Crippen molar-refractivity contribution >= 4 is 28.2 Å². The van der Waals surface area contributed by atoms with Crippen LogP contribution < -0.4 is 5.32 Å². The van der Waals surface area contributed by atoms with Crippen LogP contribution in [0.15, 0.2) is 61.3 Å². The molecule has 0 unspecified atom stereocenters. The van der Waals surface area contributed by atoms with Crippen molar-refractivity contribution in [2.75, 3.05) is 5.32 Å². The zero-order chi connectivity index (χ0) is 18.1. The van der Waals surface area contributed by atoms with Crippen LogP contribution >= 0.6 is 0 Å². The number of nitro groups is 1. The SMILES string of the molecule is O=C(Nc1ccc2cn[nH]c2c1)c1cc([N+](=O)[O-])ccc1-n1ccnc1. The molecule has 2 aromatic heterocycles. The largest absolute Gasteiger partial charge is 0.322 e. The van der Waals surface area contributed by atoms with Crippen molar-refractivity contribution in [3.63, 3.8) is 0 Å². The van der Waals surface area contributed by atoms with E-state index in [9.17, 15) is 14.9 Å². The first-order valence-corrected chi connectivity index (χ1v) is 7.63. The third-order valence-corrected chi connectivity index (χ3v) is 3.92. The maximum Gasteiger partial charge on any atom is 0.270 e. The van der Waals surface area contributed by atoms with Gasteiger partial charge < -0.3 is 9.88 Å². The number of nitrogens with zero attached hydrogens (tertiary/aromatic N) is 4. The molecule has 0 fully saturated rings. The molecule has 0 radical (unpaired) electrons. The van der Waals surface area contributed by atoms with Gasteiger partial charge in [-0.3, -0.25) is 20.0 Å². The van der Waals surface area contributed by atoms with Crippen LogP contribution in [0.1, 0.15) is 10.4 Å². The average Bonchev–Trinajstić information content (AvgIpc) is 3.32. The molecule has 9 nitrogen and oxygen atoms in total. The number of nitro benzene ring substituents is 1. The van der Waals surface area contributed by atoms with Crippen molar-refractivity contribution in [1.82, 2.24) is 19.7 Å². The molecule has 4 rings (SSSR count). The Kier molecular flexibility index (Phi) is 3.66. The minimum absolute atomic E-state index is 0.164. The third-order valence-electron chi connectivity index (χ3n) is 3.92. The lowest BCUT2D eigenvalue weighted by molar-refractivity contribution is -0.384. The molecule has 0 saturated heterocycles. The van der Waals surface area contributed by atoms with Crippen LogP contribution in [-0.2, 0) is 0 Å². The maximum absolute atomic E-state index is 12.8. The highest BCUT2D eigenvalue weighted by Gasteiger charge is 2.18. The molecule has 0 saturated carbocycles. The summed E-state index contributed by atoms with van der Waals surface area (Å²) in [5.74, 6) is -0.462. The number of nitrogens with one attached hydrogen (secondary N) is 2. The molecular formula is C17H12N6O3. The number of aromatic nitrogens is 4. The summed E-state index contributed by atoms with van der Waals surface area (Å²) in [5, 5.41) is 21.5. The number of fused-ring (bicyclic) bond motifs is 1. The van der Waals surface area contributed by atoms with E-state index < -0.39 is 10.8 Å². The molecule has 0 aliphatic rings. The van der Waals surface area contributed by atoms with E-state index in [1.807, 2.05) is 6.07 Å². The maximum atomic E-state index is 12.8. The van der Waals surface area contributed by atoms with E-state index >= 15 is 0 Å². The number of hydrogen-bond acceptors (Lipinski definition) is 5. The van der Waals surface area contributed by atoms with Crippen molar-refractivity contribution in [1.29, 1.82) is 0 Å². The summed E-state index contributed by atoms with van der Waals surface area (Å²) in [6.45, 7) is 0. The second-order valence-corrected chi connectivity index (χ2v) is 5.55. The normalized spacial score (nSPS) is 10.8. The highest BCUT2D eigenvalue weighted by molar-refractivity contribution is 6.07. The Hall–Kier alpha value is -4.01. The van der Waals surface area contributed by atoms with E-state index in [-0.39, 0.29) is 11.3 Å². The van der Waals surface area contributed by atoms with Gasteiger partial charge in [-0.25, -0.2) is 4.98 Å². The average molecular weight is 348 g/mol. The fourth-order valence-corrected chi connectivity index (χ4v) is 2.66. The number of imidazole rings is 1. The summed E-state index contributed by atoms with van der Waals surface area (Å²) >= 11 is 0. The second-order valence-electron chi connectivity index (χ2n) is 5.55. The highest BCUT2D eigenvalue weighted by Crippen LogP contribution is 2.23. The number of non-ortho nitro benzene ring substituents is 1. The topological polar surface area (TPSA) is 119 Å². The van der Waals surface area contributed by atoms with Crippen LogP contribution in [0.5, 0.6) is 0 Å². The van der Waals surface area contributed by atoms with Crippen LogP contribution in [0, 0.1) is 10.1 Å². The van der Waals surface area contributed by atoms with E-state index in [4.69, 9.17) is 0 Å². The number of aromatic amines is 1. The number of benzene rings is 2. The summed E-state index contributed by atoms with van der Waals surface area (Å²) in [6.07, 6.45) is 6.43. The zero-order valence-corrected chi connectivity index (χ0v) is 13.3. The summed E-state index contributed by atoms with van der Waals surface area (Å²) in [5.41, 5.74) is 1.82. The quantitative estimate of drug-likeness (QED) is 0.434. The minimum atomic E-state index is -0.537. The lowest BCUT2D eigenvalue weighted by Crippen LogP contribution is -2.15. The number of rotatable bonds is 4. The smallest absolute Gasteiger partial charge is 0.270 e. The Bertz CT molecular complexity index is 1120. The van der Waals surface area contributed by atoms with Crippen molar-refractivity contribution < 1.29 is 9.72 Å². The van der Waals surface area contributed by atoms with E-state index in [0.717, 1.165) is 10.9 Å². The van der Waals surface area contributed by atoms with Gasteiger partial charge in [-0.15, -0.1) is 0 Å². The van der Waals surface area contributed by atoms with E-state index in [1.54, 1.807) is 35.3 Å². The molecule has 0 bridgehead atoms. The van der Waals surface area contributed by atoms with Crippen molar-refractivity contribution in [2.24, 2.45) is 0 Å². The fourth-order valence-electron chi connectivity index (χ4n) is 2.66. The molecule has 2 N–H and O–H groups in total. The Morgan fingerprint density at radius 3 is 2.88 bits per heavy atom. The van der Waals surface area contributed by atoms with Crippen LogP contribution in [0.3, 0.4) is 0 Å². The molecule has 0 atom stereocenters. The molecule has 0 aliphatic carbocycles. The van der Waals surface area contributed by atoms with Gasteiger partial charge in [0.25, 0.3) is 11.6 Å². The van der Waals surface area contributed by atoms with E-state index in [2.05, 4.69) is 20.5 Å². The lowest BCUT2D eigenvalue weighted by Gasteiger charge is -2.11. The first kappa shape index (κ1) is 15.5. The van der Waals surface area contributed by atoms with Gasteiger partial charge in [-0.2, -0.15) is 5.10 Å². The van der Waals surface area contributed by atoms with Gasteiger partial charge in [0.05, 0.1) is 34.2 Å². The number of H-pyrrole nitrogens is 1. The number of carbonyl (C=O) groups excluding carboxylic acids is 1. The highest BCUT2D eigenvalue weighted by atomic mass is 16.6. The van der Waals surface area contributed by atoms with Crippen LogP contribution in [0.2, 0.25) is 0 Å². The molecule has 128 valence electrons. The summed E-state index contributed by atoms with van der Waals surface area (Å²) in [4.78, 5) is 27.3. The second kappa shape index (κ2) is 6.13. The van der Waals surface area contributed by atoms with Crippen molar-refractivity contribution in [3.8, 4) is 5.69 Å². The van der Waals surface area contributed by atoms with Gasteiger partial charge in [0, 0.05) is 35.6 Å². The monoisotopic (exact) mass is 348 g/mol. The fraction of sp³-hybridized carbons (Fsp3) is 0. The van der Waals surface area contributed by atoms with Gasteiger partial charge in [0.2, 0.25) is 0 Å². The molecule has 0 spiro atoms. The first-order valence-electron chi connectivity index (χ1n) is 7.63. The predicted molar refractivity (Wildman–Crippen MR) is 94.3 cm³/mol. The summed E-state index contributed by atoms with van der Waals surface area (Å²) in [6, 6.07) is 9.42. The predicted octanol–water partition coefficient (Wildman–Crippen LogP) is 2.91. The zero-order valence-electron chi connectivity index (χ0n) is 13.3. The number of hydrogen-bond donors (Lipinski definition) is 2. The van der Waals surface area contributed by atoms with Gasteiger partial charge in [-0.1, -0.05) is 0 Å². The Balaban J connectivity index is 1.73. The Morgan fingerprint density at radius 2 is 2.12 bits per heavy atom. The standard InChI is InChI=1S/C17H12N6O3/c24-17(20-12-2-1-11-9-19-21-15(11)7-12)14-8-13(23(25)26)3-4-16(14)22-6-5-18-10-22/h1-10H,(H,19,21)(H,20,24). The molecule has 9 heteroatoms. The molecule has 1 amide bonds. The van der Waals surface area contributed by atoms with Crippen molar-refractivity contribution in [2.45, 2.75) is 0 Å². The van der Waals surface area contributed by atoms with Gasteiger partial charge in [0.15, 0.2) is 0 Å². The minimum Gasteiger partial charge on any atom is -0.322 e. The summed E-state index contributed by atoms with van der Waals surface area (Å²) < 4.78 is 1.62. The molecule has 0 aliphatic heterocycles. The lowest BCUT2D eigenvalue weighted by atomic mass is 10.1. The molecule has 26 heavy (non-hydrogen) atoms. The Labute approximate surface area is 146 Å². The number of amides is 1. The van der Waals surface area contributed by atoms with E-state index in [0.29, 0.717) is 11.4 Å². The van der Waals surface area contributed by atoms with Gasteiger partial charge >= 0.3 is 0 Å². The van der Waals surface area contributed by atoms with Crippen molar-refractivity contribution in [3.05, 3.63) is 77.0 Å². The number of carbonyl (C=O) groups is 1. The van der Waals surface area contributed by atoms with Gasteiger partial charge in [-0.05, 0) is 24.3 Å².